The van der Waals surface area contributed by atoms with Crippen LogP contribution in [0.4, 0.5) is 0 Å². The average Bonchev–Trinajstić information content (AvgIpc) is 2.15. The molecule has 0 spiro atoms. The molecule has 1 saturated heterocycles. The lowest BCUT2D eigenvalue weighted by Crippen LogP contribution is -2.57. The van der Waals surface area contributed by atoms with E-state index >= 15 is 0 Å². The molecule has 2 aliphatic rings. The van der Waals surface area contributed by atoms with Gasteiger partial charge in [0.05, 0.1) is 5.60 Å². The molecule has 3 atom stereocenters. The molecule has 1 heterocycles. The molecule has 1 aliphatic carbocycles. The summed E-state index contributed by atoms with van der Waals surface area (Å²) in [5, 5.41) is 14.5. The molecule has 2 rings (SSSR count). The summed E-state index contributed by atoms with van der Waals surface area (Å²) in [6.07, 6.45) is 6.89. The molecular weight excluding hydrogens is 198 g/mol. The minimum atomic E-state index is -0.457. The molecule has 0 aromatic heterocycles. The van der Waals surface area contributed by atoms with Crippen LogP contribution < -0.4 is 5.32 Å². The molecule has 3 unspecified atom stereocenters. The molecule has 16 heavy (non-hydrogen) atoms. The monoisotopic (exact) mass is 225 g/mol. The lowest BCUT2D eigenvalue weighted by molar-refractivity contribution is -0.0881. The van der Waals surface area contributed by atoms with Crippen molar-refractivity contribution in [1.29, 1.82) is 0 Å². The maximum absolute atomic E-state index is 10.9. The normalized spacial score (nSPS) is 44.2. The second-order valence-corrected chi connectivity index (χ2v) is 6.96. The lowest BCUT2D eigenvalue weighted by atomic mass is 9.63. The van der Waals surface area contributed by atoms with E-state index in [4.69, 9.17) is 0 Å². The Kier molecular flexibility index (Phi) is 3.33. The van der Waals surface area contributed by atoms with Gasteiger partial charge in [-0.3, -0.25) is 0 Å². The highest BCUT2D eigenvalue weighted by Gasteiger charge is 2.46. The van der Waals surface area contributed by atoms with Crippen LogP contribution in [0.1, 0.15) is 59.3 Å². The third-order valence-electron chi connectivity index (χ3n) is 4.35. The Morgan fingerprint density at radius 1 is 1.19 bits per heavy atom. The summed E-state index contributed by atoms with van der Waals surface area (Å²) in [6.45, 7) is 7.98. The van der Waals surface area contributed by atoms with E-state index in [1.54, 1.807) is 0 Å². The maximum atomic E-state index is 10.9. The quantitative estimate of drug-likeness (QED) is 0.719. The van der Waals surface area contributed by atoms with Crippen molar-refractivity contribution in [3.05, 3.63) is 0 Å². The highest BCUT2D eigenvalue weighted by Crippen LogP contribution is 2.46. The van der Waals surface area contributed by atoms with Crippen LogP contribution in [0, 0.1) is 11.3 Å². The van der Waals surface area contributed by atoms with Crippen LogP contribution in [0.15, 0.2) is 0 Å². The molecule has 2 nitrogen and oxygen atoms in total. The van der Waals surface area contributed by atoms with Gasteiger partial charge in [0.25, 0.3) is 0 Å². The van der Waals surface area contributed by atoms with Gasteiger partial charge < -0.3 is 10.4 Å². The van der Waals surface area contributed by atoms with Crippen molar-refractivity contribution in [2.75, 3.05) is 6.54 Å². The maximum Gasteiger partial charge on any atom is 0.0807 e. The van der Waals surface area contributed by atoms with Crippen LogP contribution in [-0.2, 0) is 0 Å². The molecule has 2 heteroatoms. The largest absolute Gasteiger partial charge is 0.388 e. The fourth-order valence-electron chi connectivity index (χ4n) is 4.17. The zero-order chi connectivity index (χ0) is 11.8. The first kappa shape index (κ1) is 12.4. The van der Waals surface area contributed by atoms with Gasteiger partial charge >= 0.3 is 0 Å². The summed E-state index contributed by atoms with van der Waals surface area (Å²) in [7, 11) is 0. The summed E-state index contributed by atoms with van der Waals surface area (Å²) in [4.78, 5) is 0. The van der Waals surface area contributed by atoms with E-state index in [1.165, 1.54) is 19.3 Å². The zero-order valence-electron chi connectivity index (χ0n) is 11.1. The van der Waals surface area contributed by atoms with Crippen LogP contribution >= 0.6 is 0 Å². The Hall–Kier alpha value is -0.0800. The Balaban J connectivity index is 2.09. The first-order chi connectivity index (χ1) is 7.41. The fraction of sp³-hybridized carbons (Fsp3) is 1.00. The van der Waals surface area contributed by atoms with Gasteiger partial charge in [-0.2, -0.15) is 0 Å². The number of piperidine rings is 1. The number of hydrogen-bond donors (Lipinski definition) is 2. The smallest absolute Gasteiger partial charge is 0.0807 e. The Morgan fingerprint density at radius 3 is 2.50 bits per heavy atom. The van der Waals surface area contributed by atoms with Gasteiger partial charge in [-0.1, -0.05) is 27.2 Å². The van der Waals surface area contributed by atoms with Gasteiger partial charge in [0, 0.05) is 6.04 Å². The summed E-state index contributed by atoms with van der Waals surface area (Å²) in [6, 6.07) is 0.336. The van der Waals surface area contributed by atoms with Gasteiger partial charge in [0.15, 0.2) is 0 Å². The van der Waals surface area contributed by atoms with Crippen LogP contribution in [-0.4, -0.2) is 23.3 Å². The van der Waals surface area contributed by atoms with Crippen LogP contribution in [0.5, 0.6) is 0 Å². The molecule has 0 aromatic rings. The van der Waals surface area contributed by atoms with Gasteiger partial charge in [-0.05, 0) is 50.0 Å². The molecule has 1 saturated carbocycles. The van der Waals surface area contributed by atoms with E-state index in [0.29, 0.717) is 17.4 Å². The van der Waals surface area contributed by atoms with E-state index in [0.717, 1.165) is 25.8 Å². The number of nitrogens with one attached hydrogen (secondary N) is 1. The molecule has 94 valence electrons. The zero-order valence-corrected chi connectivity index (χ0v) is 11.1. The van der Waals surface area contributed by atoms with E-state index in [-0.39, 0.29) is 0 Å². The lowest BCUT2D eigenvalue weighted by Gasteiger charge is -2.49. The Labute approximate surface area is 99.8 Å². The van der Waals surface area contributed by atoms with E-state index in [1.807, 2.05) is 0 Å². The molecule has 1 aliphatic heterocycles. The standard InChI is InChI=1S/C14H27NO/c1-11-8-13(2,3)10-14(16,9-11)12-6-4-5-7-15-12/h11-12,15-16H,4-10H2,1-3H3. The number of rotatable bonds is 1. The highest BCUT2D eigenvalue weighted by molar-refractivity contribution is 5.01. The molecule has 0 radical (unpaired) electrons. The SMILES string of the molecule is CC1CC(C)(C)CC(O)(C2CCCCN2)C1. The Bertz CT molecular complexity index is 245. The van der Waals surface area contributed by atoms with Crippen molar-refractivity contribution >= 4 is 0 Å². The third-order valence-corrected chi connectivity index (χ3v) is 4.35. The number of aliphatic hydroxyl groups is 1. The molecule has 2 fully saturated rings. The first-order valence-electron chi connectivity index (χ1n) is 6.87. The van der Waals surface area contributed by atoms with E-state index in [9.17, 15) is 5.11 Å². The summed E-state index contributed by atoms with van der Waals surface area (Å²) >= 11 is 0. The molecule has 0 amide bonds. The van der Waals surface area contributed by atoms with Crippen LogP contribution in [0.3, 0.4) is 0 Å². The van der Waals surface area contributed by atoms with Crippen molar-refractivity contribution in [2.45, 2.75) is 70.9 Å². The number of hydrogen-bond acceptors (Lipinski definition) is 2. The minimum Gasteiger partial charge on any atom is -0.388 e. The molecule has 2 N–H and O–H groups in total. The average molecular weight is 225 g/mol. The molecular formula is C14H27NO. The highest BCUT2D eigenvalue weighted by atomic mass is 16.3. The summed E-state index contributed by atoms with van der Waals surface area (Å²) in [5.74, 6) is 0.650. The minimum absolute atomic E-state index is 0.297. The molecule has 0 bridgehead atoms. The topological polar surface area (TPSA) is 32.3 Å². The van der Waals surface area contributed by atoms with Crippen LogP contribution in [0.2, 0.25) is 0 Å². The summed E-state index contributed by atoms with van der Waals surface area (Å²) < 4.78 is 0. The fourth-order valence-corrected chi connectivity index (χ4v) is 4.17. The van der Waals surface area contributed by atoms with Crippen LogP contribution in [0.25, 0.3) is 0 Å². The van der Waals surface area contributed by atoms with Gasteiger partial charge in [-0.15, -0.1) is 0 Å². The third kappa shape index (κ3) is 2.60. The van der Waals surface area contributed by atoms with E-state index < -0.39 is 5.60 Å². The summed E-state index contributed by atoms with van der Waals surface area (Å²) in [5.41, 5.74) is -0.160. The van der Waals surface area contributed by atoms with Crippen molar-refractivity contribution in [2.24, 2.45) is 11.3 Å². The van der Waals surface area contributed by atoms with Crippen molar-refractivity contribution in [3.63, 3.8) is 0 Å². The van der Waals surface area contributed by atoms with E-state index in [2.05, 4.69) is 26.1 Å². The van der Waals surface area contributed by atoms with Gasteiger partial charge in [0.2, 0.25) is 0 Å². The first-order valence-corrected chi connectivity index (χ1v) is 6.87. The predicted octanol–water partition coefficient (Wildman–Crippen LogP) is 2.71. The van der Waals surface area contributed by atoms with Gasteiger partial charge in [-0.25, -0.2) is 0 Å². The van der Waals surface area contributed by atoms with Crippen molar-refractivity contribution in [3.8, 4) is 0 Å². The Morgan fingerprint density at radius 2 is 1.94 bits per heavy atom. The van der Waals surface area contributed by atoms with Crippen molar-refractivity contribution < 1.29 is 5.11 Å². The molecule has 0 aromatic carbocycles. The van der Waals surface area contributed by atoms with Crippen molar-refractivity contribution in [1.82, 2.24) is 5.32 Å². The predicted molar refractivity (Wildman–Crippen MR) is 67.4 cm³/mol. The second kappa shape index (κ2) is 4.30. The van der Waals surface area contributed by atoms with Gasteiger partial charge in [0.1, 0.15) is 0 Å². The second-order valence-electron chi connectivity index (χ2n) is 6.96.